The summed E-state index contributed by atoms with van der Waals surface area (Å²) in [5, 5.41) is 9.80. The smallest absolute Gasteiger partial charge is 0.138 e. The molecule has 0 bridgehead atoms. The molecule has 0 fully saturated rings. The fourth-order valence-electron chi connectivity index (χ4n) is 1.58. The lowest BCUT2D eigenvalue weighted by Crippen LogP contribution is -2.09. The lowest BCUT2D eigenvalue weighted by molar-refractivity contribution is 0.305. The summed E-state index contributed by atoms with van der Waals surface area (Å²) in [4.78, 5) is 0.293. The summed E-state index contributed by atoms with van der Waals surface area (Å²) >= 11 is 11.0. The predicted molar refractivity (Wildman–Crippen MR) is 79.8 cm³/mol. The molecular formula is C14H12ClNO2S. The molecular weight excluding hydrogens is 282 g/mol. The van der Waals surface area contributed by atoms with Crippen molar-refractivity contribution in [2.24, 2.45) is 5.73 Å². The first-order valence-corrected chi connectivity index (χ1v) is 6.35. The van der Waals surface area contributed by atoms with Crippen LogP contribution in [0.2, 0.25) is 5.02 Å². The van der Waals surface area contributed by atoms with Gasteiger partial charge in [0.2, 0.25) is 0 Å². The van der Waals surface area contributed by atoms with E-state index in [1.54, 1.807) is 36.4 Å². The van der Waals surface area contributed by atoms with Gasteiger partial charge in [0.05, 0.1) is 5.02 Å². The second kappa shape index (κ2) is 5.91. The highest BCUT2D eigenvalue weighted by Crippen LogP contribution is 2.26. The highest BCUT2D eigenvalue weighted by molar-refractivity contribution is 7.80. The Morgan fingerprint density at radius 3 is 2.68 bits per heavy atom. The van der Waals surface area contributed by atoms with Crippen molar-refractivity contribution in [3.8, 4) is 11.5 Å². The van der Waals surface area contributed by atoms with E-state index in [2.05, 4.69) is 0 Å². The Kier molecular flexibility index (Phi) is 4.24. The van der Waals surface area contributed by atoms with Crippen LogP contribution in [0, 0.1) is 0 Å². The van der Waals surface area contributed by atoms with Crippen molar-refractivity contribution >= 4 is 28.8 Å². The third-order valence-electron chi connectivity index (χ3n) is 2.52. The van der Waals surface area contributed by atoms with Gasteiger partial charge in [-0.1, -0.05) is 36.0 Å². The molecule has 3 N–H and O–H groups in total. The summed E-state index contributed by atoms with van der Waals surface area (Å²) in [7, 11) is 0. The summed E-state index contributed by atoms with van der Waals surface area (Å²) in [5.41, 5.74) is 7.07. The van der Waals surface area contributed by atoms with Crippen LogP contribution in [0.5, 0.6) is 11.5 Å². The fraction of sp³-hybridized carbons (Fsp3) is 0.0714. The minimum atomic E-state index is 0.205. The molecule has 0 aliphatic heterocycles. The molecule has 2 aromatic rings. The molecule has 0 saturated heterocycles. The third-order valence-corrected chi connectivity index (χ3v) is 3.05. The molecule has 0 unspecified atom stereocenters. The van der Waals surface area contributed by atoms with Crippen LogP contribution in [0.1, 0.15) is 11.1 Å². The highest BCUT2D eigenvalue weighted by Gasteiger charge is 2.05. The second-order valence-corrected chi connectivity index (χ2v) is 4.82. The molecule has 0 spiro atoms. The summed E-state index contributed by atoms with van der Waals surface area (Å²) in [6.07, 6.45) is 0. The first kappa shape index (κ1) is 13.6. The molecule has 5 heteroatoms. The predicted octanol–water partition coefficient (Wildman–Crippen LogP) is 3.26. The molecule has 0 amide bonds. The van der Waals surface area contributed by atoms with E-state index < -0.39 is 0 Å². The quantitative estimate of drug-likeness (QED) is 0.850. The van der Waals surface area contributed by atoms with Gasteiger partial charge in [0, 0.05) is 5.56 Å². The van der Waals surface area contributed by atoms with Crippen LogP contribution in [-0.4, -0.2) is 10.1 Å². The van der Waals surface area contributed by atoms with Crippen molar-refractivity contribution in [3.63, 3.8) is 0 Å². The number of benzene rings is 2. The van der Waals surface area contributed by atoms with E-state index in [-0.39, 0.29) is 5.75 Å². The van der Waals surface area contributed by atoms with Gasteiger partial charge in [0.25, 0.3) is 0 Å². The summed E-state index contributed by atoms with van der Waals surface area (Å²) in [6.45, 7) is 0.320. The van der Waals surface area contributed by atoms with Crippen molar-refractivity contribution in [2.75, 3.05) is 0 Å². The number of aromatic hydroxyl groups is 1. The summed E-state index contributed by atoms with van der Waals surface area (Å²) < 4.78 is 5.59. The molecule has 0 aromatic heterocycles. The van der Waals surface area contributed by atoms with E-state index in [4.69, 9.17) is 34.3 Å². The van der Waals surface area contributed by atoms with Crippen molar-refractivity contribution in [3.05, 3.63) is 58.6 Å². The van der Waals surface area contributed by atoms with Gasteiger partial charge in [-0.15, -0.1) is 0 Å². The molecule has 98 valence electrons. The first-order valence-electron chi connectivity index (χ1n) is 5.56. The zero-order valence-electron chi connectivity index (χ0n) is 9.97. The van der Waals surface area contributed by atoms with E-state index in [1.165, 1.54) is 0 Å². The topological polar surface area (TPSA) is 55.5 Å². The Bertz CT molecular complexity index is 616. The average molecular weight is 294 g/mol. The molecule has 0 atom stereocenters. The number of phenols is 1. The van der Waals surface area contributed by atoms with Gasteiger partial charge in [-0.3, -0.25) is 0 Å². The molecule has 3 nitrogen and oxygen atoms in total. The zero-order chi connectivity index (χ0) is 13.8. The largest absolute Gasteiger partial charge is 0.508 e. The molecule has 0 heterocycles. The maximum Gasteiger partial charge on any atom is 0.138 e. The molecule has 2 rings (SSSR count). The number of rotatable bonds is 4. The van der Waals surface area contributed by atoms with Gasteiger partial charge in [-0.2, -0.15) is 0 Å². The number of hydrogen-bond donors (Lipinski definition) is 2. The third kappa shape index (κ3) is 3.59. The number of thiocarbonyl (C=S) groups is 1. The Balaban J connectivity index is 2.10. The zero-order valence-corrected chi connectivity index (χ0v) is 11.5. The van der Waals surface area contributed by atoms with E-state index in [1.807, 2.05) is 6.07 Å². The fourth-order valence-corrected chi connectivity index (χ4v) is 1.94. The first-order chi connectivity index (χ1) is 9.06. The van der Waals surface area contributed by atoms with E-state index in [0.717, 1.165) is 5.56 Å². The Morgan fingerprint density at radius 1 is 1.26 bits per heavy atom. The van der Waals surface area contributed by atoms with Crippen LogP contribution >= 0.6 is 23.8 Å². The Morgan fingerprint density at radius 2 is 2.05 bits per heavy atom. The number of hydrogen-bond acceptors (Lipinski definition) is 3. The van der Waals surface area contributed by atoms with Crippen LogP contribution in [0.15, 0.2) is 42.5 Å². The van der Waals surface area contributed by atoms with E-state index in [9.17, 15) is 5.11 Å². The number of halogens is 1. The lowest BCUT2D eigenvalue weighted by Gasteiger charge is -2.09. The van der Waals surface area contributed by atoms with Crippen molar-refractivity contribution in [1.82, 2.24) is 0 Å². The van der Waals surface area contributed by atoms with E-state index in [0.29, 0.717) is 27.9 Å². The monoisotopic (exact) mass is 293 g/mol. The Labute approximate surface area is 121 Å². The Hall–Kier alpha value is -1.78. The normalized spacial score (nSPS) is 10.2. The van der Waals surface area contributed by atoms with Gasteiger partial charge in [-0.05, 0) is 35.9 Å². The van der Waals surface area contributed by atoms with E-state index >= 15 is 0 Å². The molecule has 0 aliphatic rings. The molecule has 0 saturated carbocycles. The van der Waals surface area contributed by atoms with Crippen LogP contribution in [0.3, 0.4) is 0 Å². The standard InChI is InChI=1S/C14H12ClNO2S/c15-12-7-10(14(16)19)4-5-13(12)18-8-9-2-1-3-11(17)6-9/h1-7,17H,8H2,(H2,16,19). The highest BCUT2D eigenvalue weighted by atomic mass is 35.5. The number of phenolic OH excluding ortho intramolecular Hbond substituents is 1. The molecule has 0 radical (unpaired) electrons. The number of ether oxygens (including phenoxy) is 1. The van der Waals surface area contributed by atoms with Gasteiger partial charge in [0.1, 0.15) is 23.1 Å². The lowest BCUT2D eigenvalue weighted by atomic mass is 10.2. The van der Waals surface area contributed by atoms with Gasteiger partial charge >= 0.3 is 0 Å². The van der Waals surface area contributed by atoms with Crippen molar-refractivity contribution in [2.45, 2.75) is 6.61 Å². The van der Waals surface area contributed by atoms with Gasteiger partial charge < -0.3 is 15.6 Å². The van der Waals surface area contributed by atoms with Crippen LogP contribution in [0.25, 0.3) is 0 Å². The minimum Gasteiger partial charge on any atom is -0.508 e. The van der Waals surface area contributed by atoms with Crippen molar-refractivity contribution in [1.29, 1.82) is 0 Å². The van der Waals surface area contributed by atoms with Gasteiger partial charge in [0.15, 0.2) is 0 Å². The van der Waals surface area contributed by atoms with Crippen molar-refractivity contribution < 1.29 is 9.84 Å². The number of nitrogens with two attached hydrogens (primary N) is 1. The maximum atomic E-state index is 9.35. The molecule has 19 heavy (non-hydrogen) atoms. The molecule has 0 aliphatic carbocycles. The SMILES string of the molecule is NC(=S)c1ccc(OCc2cccc(O)c2)c(Cl)c1. The van der Waals surface area contributed by atoms with Crippen LogP contribution < -0.4 is 10.5 Å². The van der Waals surface area contributed by atoms with Crippen LogP contribution in [0.4, 0.5) is 0 Å². The minimum absolute atomic E-state index is 0.205. The maximum absolute atomic E-state index is 9.35. The summed E-state index contributed by atoms with van der Waals surface area (Å²) in [5.74, 6) is 0.751. The van der Waals surface area contributed by atoms with Gasteiger partial charge in [-0.25, -0.2) is 0 Å². The second-order valence-electron chi connectivity index (χ2n) is 3.97. The molecule has 2 aromatic carbocycles. The van der Waals surface area contributed by atoms with Crippen LogP contribution in [-0.2, 0) is 6.61 Å². The summed E-state index contributed by atoms with van der Waals surface area (Å²) in [6, 6.07) is 12.0. The average Bonchev–Trinajstić information content (AvgIpc) is 2.37.